The minimum Gasteiger partial charge on any atom is -0.489 e. The standard InChI is InChI=1S/C28H25F4N3O/c29-25-22(23-15-35-24(33)16-34-23)10-9-21(20-7-4-8-20)26(25)36-17-27(28(30,31)32)13-11-19(12-14-27)18-5-2-1-3-6-18/h1-3,5-6,9-13,15-16,20H,4,7-8,14,17H2,(H2,33,35). The van der Waals surface area contributed by atoms with E-state index in [0.29, 0.717) is 11.1 Å². The molecule has 1 heterocycles. The lowest BCUT2D eigenvalue weighted by molar-refractivity contribution is -0.213. The predicted molar refractivity (Wildman–Crippen MR) is 131 cm³/mol. The van der Waals surface area contributed by atoms with Crippen LogP contribution < -0.4 is 10.5 Å². The highest BCUT2D eigenvalue weighted by atomic mass is 19.4. The van der Waals surface area contributed by atoms with Crippen molar-refractivity contribution >= 4 is 11.4 Å². The summed E-state index contributed by atoms with van der Waals surface area (Å²) in [5, 5.41) is 0. The maximum atomic E-state index is 15.8. The van der Waals surface area contributed by atoms with E-state index >= 15 is 4.39 Å². The first-order valence-corrected chi connectivity index (χ1v) is 11.8. The maximum absolute atomic E-state index is 15.8. The van der Waals surface area contributed by atoms with Crippen LogP contribution >= 0.6 is 0 Å². The highest BCUT2D eigenvalue weighted by Crippen LogP contribution is 2.48. The molecular weight excluding hydrogens is 470 g/mol. The topological polar surface area (TPSA) is 61.0 Å². The number of anilines is 1. The Morgan fingerprint density at radius 2 is 1.81 bits per heavy atom. The van der Waals surface area contributed by atoms with Crippen LogP contribution in [0.4, 0.5) is 23.4 Å². The van der Waals surface area contributed by atoms with E-state index in [0.717, 1.165) is 30.9 Å². The second kappa shape index (κ2) is 9.41. The van der Waals surface area contributed by atoms with E-state index in [1.54, 1.807) is 18.2 Å². The van der Waals surface area contributed by atoms with Crippen molar-refractivity contribution in [1.82, 2.24) is 9.97 Å². The van der Waals surface area contributed by atoms with Crippen LogP contribution in [0.3, 0.4) is 0 Å². The van der Waals surface area contributed by atoms with Gasteiger partial charge in [0.25, 0.3) is 0 Å². The summed E-state index contributed by atoms with van der Waals surface area (Å²) in [6, 6.07) is 12.5. The summed E-state index contributed by atoms with van der Waals surface area (Å²) in [5.41, 5.74) is 5.77. The van der Waals surface area contributed by atoms with Gasteiger partial charge in [-0.2, -0.15) is 13.2 Å². The van der Waals surface area contributed by atoms with Gasteiger partial charge in [-0.25, -0.2) is 9.37 Å². The number of allylic oxidation sites excluding steroid dienone is 3. The molecule has 0 saturated heterocycles. The molecule has 0 bridgehead atoms. The summed E-state index contributed by atoms with van der Waals surface area (Å²) in [4.78, 5) is 8.07. The van der Waals surface area contributed by atoms with E-state index in [1.807, 2.05) is 30.3 Å². The van der Waals surface area contributed by atoms with Crippen molar-refractivity contribution < 1.29 is 22.3 Å². The molecular formula is C28H25F4N3O. The Morgan fingerprint density at radius 1 is 1.03 bits per heavy atom. The van der Waals surface area contributed by atoms with Crippen LogP contribution in [0.5, 0.6) is 5.75 Å². The molecule has 1 saturated carbocycles. The smallest absolute Gasteiger partial charge is 0.401 e. The molecule has 2 N–H and O–H groups in total. The van der Waals surface area contributed by atoms with Crippen molar-refractivity contribution in [2.24, 2.45) is 5.41 Å². The number of rotatable bonds is 6. The van der Waals surface area contributed by atoms with Crippen LogP contribution in [0, 0.1) is 11.2 Å². The van der Waals surface area contributed by atoms with Gasteiger partial charge in [0.15, 0.2) is 11.6 Å². The first-order valence-electron chi connectivity index (χ1n) is 11.8. The average molecular weight is 496 g/mol. The number of nitrogens with zero attached hydrogens (tertiary/aromatic N) is 2. The fraction of sp³-hybridized carbons (Fsp3) is 0.286. The maximum Gasteiger partial charge on any atom is 0.401 e. The Bertz CT molecular complexity index is 1300. The third kappa shape index (κ3) is 4.47. The molecule has 186 valence electrons. The van der Waals surface area contributed by atoms with Crippen molar-refractivity contribution in [3.05, 3.63) is 90.0 Å². The van der Waals surface area contributed by atoms with Gasteiger partial charge in [0.05, 0.1) is 18.1 Å². The van der Waals surface area contributed by atoms with E-state index in [1.165, 1.54) is 18.5 Å². The molecule has 0 amide bonds. The van der Waals surface area contributed by atoms with Crippen molar-refractivity contribution in [2.45, 2.75) is 37.8 Å². The molecule has 36 heavy (non-hydrogen) atoms. The number of hydrogen-bond donors (Lipinski definition) is 1. The zero-order chi connectivity index (χ0) is 25.3. The first kappa shape index (κ1) is 24.0. The van der Waals surface area contributed by atoms with E-state index in [4.69, 9.17) is 10.5 Å². The number of nitrogens with two attached hydrogens (primary N) is 1. The second-order valence-corrected chi connectivity index (χ2v) is 9.31. The van der Waals surface area contributed by atoms with Gasteiger partial charge in [-0.1, -0.05) is 61.0 Å². The molecule has 1 aromatic heterocycles. The largest absolute Gasteiger partial charge is 0.489 e. The van der Waals surface area contributed by atoms with Gasteiger partial charge in [0.2, 0.25) is 0 Å². The number of halogens is 4. The van der Waals surface area contributed by atoms with Crippen LogP contribution in [0.15, 0.2) is 73.1 Å². The Morgan fingerprint density at radius 3 is 2.39 bits per heavy atom. The third-order valence-corrected chi connectivity index (χ3v) is 7.03. The minimum absolute atomic E-state index is 0.0503. The minimum atomic E-state index is -4.59. The van der Waals surface area contributed by atoms with Crippen LogP contribution in [0.2, 0.25) is 0 Å². The summed E-state index contributed by atoms with van der Waals surface area (Å²) >= 11 is 0. The summed E-state index contributed by atoms with van der Waals surface area (Å²) in [7, 11) is 0. The van der Waals surface area contributed by atoms with E-state index in [9.17, 15) is 13.2 Å². The third-order valence-electron chi connectivity index (χ3n) is 7.03. The highest BCUT2D eigenvalue weighted by Gasteiger charge is 2.54. The lowest BCUT2D eigenvalue weighted by Gasteiger charge is -2.35. The molecule has 0 aliphatic heterocycles. The Balaban J connectivity index is 1.47. The molecule has 2 aliphatic rings. The molecule has 2 aromatic carbocycles. The van der Waals surface area contributed by atoms with Gasteiger partial charge in [-0.15, -0.1) is 0 Å². The molecule has 3 aromatic rings. The SMILES string of the molecule is Nc1cnc(-c2ccc(C3CCC3)c(OCC3(C(F)(F)F)C=CC(c4ccccc4)=CC3)c2F)cn1. The Hall–Kier alpha value is -3.68. The first-order chi connectivity index (χ1) is 17.3. The van der Waals surface area contributed by atoms with Crippen molar-refractivity contribution in [3.8, 4) is 17.0 Å². The van der Waals surface area contributed by atoms with Gasteiger partial charge < -0.3 is 10.5 Å². The van der Waals surface area contributed by atoms with Crippen molar-refractivity contribution in [3.63, 3.8) is 0 Å². The zero-order valence-electron chi connectivity index (χ0n) is 19.4. The number of ether oxygens (including phenoxy) is 1. The summed E-state index contributed by atoms with van der Waals surface area (Å²) in [6.45, 7) is -0.737. The van der Waals surface area contributed by atoms with Crippen LogP contribution in [0.1, 0.15) is 42.7 Å². The van der Waals surface area contributed by atoms with Crippen LogP contribution in [-0.2, 0) is 0 Å². The number of alkyl halides is 3. The highest BCUT2D eigenvalue weighted by molar-refractivity contribution is 5.75. The fourth-order valence-corrected chi connectivity index (χ4v) is 4.56. The molecule has 2 aliphatic carbocycles. The summed E-state index contributed by atoms with van der Waals surface area (Å²) < 4.78 is 64.6. The second-order valence-electron chi connectivity index (χ2n) is 9.31. The monoisotopic (exact) mass is 495 g/mol. The summed E-state index contributed by atoms with van der Waals surface area (Å²) in [5.74, 6) is -0.656. The van der Waals surface area contributed by atoms with Gasteiger partial charge in [0.1, 0.15) is 17.8 Å². The molecule has 0 radical (unpaired) electrons. The quantitative estimate of drug-likeness (QED) is 0.371. The van der Waals surface area contributed by atoms with Crippen molar-refractivity contribution in [2.75, 3.05) is 12.3 Å². The number of benzene rings is 2. The van der Waals surface area contributed by atoms with Crippen LogP contribution in [-0.4, -0.2) is 22.8 Å². The molecule has 5 rings (SSSR count). The van der Waals surface area contributed by atoms with Gasteiger partial charge >= 0.3 is 6.18 Å². The molecule has 8 heteroatoms. The number of aromatic nitrogens is 2. The molecule has 4 nitrogen and oxygen atoms in total. The zero-order valence-corrected chi connectivity index (χ0v) is 19.4. The predicted octanol–water partition coefficient (Wildman–Crippen LogP) is 7.10. The van der Waals surface area contributed by atoms with E-state index in [2.05, 4.69) is 9.97 Å². The number of hydrogen-bond acceptors (Lipinski definition) is 4. The van der Waals surface area contributed by atoms with Crippen molar-refractivity contribution in [1.29, 1.82) is 0 Å². The van der Waals surface area contributed by atoms with Crippen LogP contribution in [0.25, 0.3) is 16.8 Å². The molecule has 1 atom stereocenters. The number of nitrogen functional groups attached to an aromatic ring is 1. The molecule has 1 unspecified atom stereocenters. The molecule has 0 spiro atoms. The van der Waals surface area contributed by atoms with Gasteiger partial charge in [0, 0.05) is 11.1 Å². The van der Waals surface area contributed by atoms with E-state index in [-0.39, 0.29) is 35.2 Å². The van der Waals surface area contributed by atoms with Gasteiger partial charge in [-0.05, 0) is 42.4 Å². The summed E-state index contributed by atoms with van der Waals surface area (Å²) in [6.07, 6.45) is 4.58. The van der Waals surface area contributed by atoms with E-state index < -0.39 is 24.0 Å². The molecule has 1 fully saturated rings. The average Bonchev–Trinajstić information content (AvgIpc) is 2.84. The van der Waals surface area contributed by atoms with Gasteiger partial charge in [-0.3, -0.25) is 4.98 Å². The Kier molecular flexibility index (Phi) is 6.28. The normalized spacial score (nSPS) is 20.1. The lowest BCUT2D eigenvalue weighted by Crippen LogP contribution is -2.42. The Labute approximate surface area is 206 Å². The lowest BCUT2D eigenvalue weighted by atomic mass is 9.78. The fourth-order valence-electron chi connectivity index (χ4n) is 4.56.